The van der Waals surface area contributed by atoms with Crippen molar-refractivity contribution in [3.63, 3.8) is 0 Å². The minimum absolute atomic E-state index is 0.0731. The summed E-state index contributed by atoms with van der Waals surface area (Å²) in [5, 5.41) is 2.95. The highest BCUT2D eigenvalue weighted by Crippen LogP contribution is 2.33. The number of carbonyl (C=O) groups is 1. The maximum Gasteiger partial charge on any atom is 0.251 e. The SMILES string of the molecule is O=C(NCc1ccccc1)c1cccc(OCC2CN2CC2CC2)c1. The van der Waals surface area contributed by atoms with Gasteiger partial charge in [-0.3, -0.25) is 9.69 Å². The first-order chi connectivity index (χ1) is 12.3. The van der Waals surface area contributed by atoms with Gasteiger partial charge < -0.3 is 10.1 Å². The van der Waals surface area contributed by atoms with Crippen LogP contribution in [0.15, 0.2) is 54.6 Å². The molecule has 4 rings (SSSR count). The van der Waals surface area contributed by atoms with Crippen LogP contribution in [0.1, 0.15) is 28.8 Å². The van der Waals surface area contributed by atoms with Crippen molar-refractivity contribution in [2.24, 2.45) is 5.92 Å². The van der Waals surface area contributed by atoms with Crippen molar-refractivity contribution in [3.8, 4) is 5.75 Å². The van der Waals surface area contributed by atoms with Crippen LogP contribution in [0, 0.1) is 5.92 Å². The van der Waals surface area contributed by atoms with Crippen LogP contribution < -0.4 is 10.1 Å². The third-order valence-corrected chi connectivity index (χ3v) is 4.85. The van der Waals surface area contributed by atoms with E-state index in [1.165, 1.54) is 19.4 Å². The summed E-state index contributed by atoms with van der Waals surface area (Å²) in [7, 11) is 0. The lowest BCUT2D eigenvalue weighted by Gasteiger charge is -2.09. The third-order valence-electron chi connectivity index (χ3n) is 4.85. The van der Waals surface area contributed by atoms with E-state index in [1.807, 2.05) is 54.6 Å². The average molecular weight is 336 g/mol. The number of ether oxygens (including phenoxy) is 1. The number of nitrogens with one attached hydrogen (secondary N) is 1. The van der Waals surface area contributed by atoms with Gasteiger partial charge in [0, 0.05) is 25.2 Å². The molecule has 2 aromatic rings. The second-order valence-electron chi connectivity index (χ2n) is 7.06. The van der Waals surface area contributed by atoms with Crippen LogP contribution >= 0.6 is 0 Å². The first-order valence-electron chi connectivity index (χ1n) is 9.07. The van der Waals surface area contributed by atoms with Crippen LogP contribution in [0.2, 0.25) is 0 Å². The van der Waals surface area contributed by atoms with E-state index in [0.29, 0.717) is 24.8 Å². The Morgan fingerprint density at radius 1 is 1.12 bits per heavy atom. The van der Waals surface area contributed by atoms with E-state index < -0.39 is 0 Å². The predicted octanol–water partition coefficient (Wildman–Crippen LogP) is 3.09. The Bertz CT molecular complexity index is 728. The van der Waals surface area contributed by atoms with Crippen LogP contribution in [0.4, 0.5) is 0 Å². The number of rotatable bonds is 8. The van der Waals surface area contributed by atoms with Gasteiger partial charge in [-0.2, -0.15) is 0 Å². The van der Waals surface area contributed by atoms with Crippen LogP contribution in [0.3, 0.4) is 0 Å². The van der Waals surface area contributed by atoms with Gasteiger partial charge in [0.05, 0.1) is 6.04 Å². The minimum atomic E-state index is -0.0731. The molecule has 4 heteroatoms. The zero-order chi connectivity index (χ0) is 17.1. The Kier molecular flexibility index (Phi) is 4.70. The molecule has 1 aliphatic heterocycles. The molecule has 0 radical (unpaired) electrons. The fourth-order valence-corrected chi connectivity index (χ4v) is 3.04. The van der Waals surface area contributed by atoms with Crippen LogP contribution in [-0.4, -0.2) is 36.5 Å². The maximum absolute atomic E-state index is 12.3. The van der Waals surface area contributed by atoms with E-state index in [1.54, 1.807) is 0 Å². The number of nitrogens with zero attached hydrogens (tertiary/aromatic N) is 1. The van der Waals surface area contributed by atoms with Crippen LogP contribution in [0.25, 0.3) is 0 Å². The summed E-state index contributed by atoms with van der Waals surface area (Å²) < 4.78 is 5.89. The Morgan fingerprint density at radius 2 is 1.96 bits per heavy atom. The second-order valence-corrected chi connectivity index (χ2v) is 7.06. The van der Waals surface area contributed by atoms with Crippen LogP contribution in [0.5, 0.6) is 5.75 Å². The Labute approximate surface area is 148 Å². The molecule has 2 atom stereocenters. The molecule has 1 amide bonds. The molecule has 0 spiro atoms. The third kappa shape index (κ3) is 4.60. The maximum atomic E-state index is 12.3. The van der Waals surface area contributed by atoms with Gasteiger partial charge in [0.25, 0.3) is 5.91 Å². The summed E-state index contributed by atoms with van der Waals surface area (Å²) in [6.07, 6.45) is 2.79. The molecule has 2 aromatic carbocycles. The van der Waals surface area contributed by atoms with Gasteiger partial charge in [0.2, 0.25) is 0 Å². The van der Waals surface area contributed by atoms with E-state index in [4.69, 9.17) is 4.74 Å². The summed E-state index contributed by atoms with van der Waals surface area (Å²) >= 11 is 0. The van der Waals surface area contributed by atoms with Gasteiger partial charge in [-0.05, 0) is 42.5 Å². The van der Waals surface area contributed by atoms with Gasteiger partial charge in [-0.15, -0.1) is 0 Å². The number of hydrogen-bond acceptors (Lipinski definition) is 3. The molecule has 2 aliphatic rings. The number of carbonyl (C=O) groups excluding carboxylic acids is 1. The minimum Gasteiger partial charge on any atom is -0.492 e. The number of hydrogen-bond donors (Lipinski definition) is 1. The second kappa shape index (κ2) is 7.28. The molecule has 1 aliphatic carbocycles. The molecule has 2 unspecified atom stereocenters. The Morgan fingerprint density at radius 3 is 2.76 bits per heavy atom. The van der Waals surface area contributed by atoms with Crippen molar-refractivity contribution in [2.75, 3.05) is 19.7 Å². The lowest BCUT2D eigenvalue weighted by Crippen LogP contribution is -2.22. The quantitative estimate of drug-likeness (QED) is 0.753. The first kappa shape index (κ1) is 16.2. The van der Waals surface area contributed by atoms with Crippen LogP contribution in [-0.2, 0) is 6.54 Å². The van der Waals surface area contributed by atoms with Crippen molar-refractivity contribution in [1.82, 2.24) is 10.2 Å². The highest BCUT2D eigenvalue weighted by atomic mass is 16.5. The summed E-state index contributed by atoms with van der Waals surface area (Å²) in [5.41, 5.74) is 1.73. The predicted molar refractivity (Wildman–Crippen MR) is 97.6 cm³/mol. The van der Waals surface area contributed by atoms with Crippen molar-refractivity contribution >= 4 is 5.91 Å². The average Bonchev–Trinajstić information content (AvgIpc) is 3.58. The molecule has 1 heterocycles. The monoisotopic (exact) mass is 336 g/mol. The molecule has 0 aromatic heterocycles. The van der Waals surface area contributed by atoms with Crippen molar-refractivity contribution in [3.05, 3.63) is 65.7 Å². The lowest BCUT2D eigenvalue weighted by molar-refractivity contribution is 0.0950. The van der Waals surface area contributed by atoms with E-state index in [9.17, 15) is 4.79 Å². The van der Waals surface area contributed by atoms with E-state index >= 15 is 0 Å². The topological polar surface area (TPSA) is 41.3 Å². The molecule has 4 nitrogen and oxygen atoms in total. The van der Waals surface area contributed by atoms with Gasteiger partial charge in [-0.25, -0.2) is 0 Å². The van der Waals surface area contributed by atoms with Crippen molar-refractivity contribution in [2.45, 2.75) is 25.4 Å². The zero-order valence-electron chi connectivity index (χ0n) is 14.4. The summed E-state index contributed by atoms with van der Waals surface area (Å²) in [4.78, 5) is 14.8. The molecule has 2 fully saturated rings. The number of benzene rings is 2. The summed E-state index contributed by atoms with van der Waals surface area (Å²) in [5.74, 6) is 1.63. The fourth-order valence-electron chi connectivity index (χ4n) is 3.04. The molecular formula is C21H24N2O2. The first-order valence-corrected chi connectivity index (χ1v) is 9.07. The van der Waals surface area contributed by atoms with Gasteiger partial charge in [-0.1, -0.05) is 36.4 Å². The molecule has 1 saturated heterocycles. The largest absolute Gasteiger partial charge is 0.492 e. The van der Waals surface area contributed by atoms with E-state index in [2.05, 4.69) is 10.2 Å². The molecule has 130 valence electrons. The normalized spacial score (nSPS) is 21.6. The van der Waals surface area contributed by atoms with E-state index in [0.717, 1.165) is 23.8 Å². The standard InChI is InChI=1S/C21H24N2O2/c24-21(22-12-16-5-2-1-3-6-16)18-7-4-8-20(11-18)25-15-19-14-23(19)13-17-9-10-17/h1-8,11,17,19H,9-10,12-15H2,(H,22,24). The lowest BCUT2D eigenvalue weighted by atomic mass is 10.2. The number of amides is 1. The van der Waals surface area contributed by atoms with Gasteiger partial charge in [0.15, 0.2) is 0 Å². The highest BCUT2D eigenvalue weighted by Gasteiger charge is 2.38. The van der Waals surface area contributed by atoms with Crippen molar-refractivity contribution in [1.29, 1.82) is 0 Å². The summed E-state index contributed by atoms with van der Waals surface area (Å²) in [6, 6.07) is 17.9. The zero-order valence-corrected chi connectivity index (χ0v) is 14.4. The van der Waals surface area contributed by atoms with E-state index in [-0.39, 0.29) is 5.91 Å². The molecular weight excluding hydrogens is 312 g/mol. The fraction of sp³-hybridized carbons (Fsp3) is 0.381. The Hall–Kier alpha value is -2.33. The molecule has 25 heavy (non-hydrogen) atoms. The molecule has 1 N–H and O–H groups in total. The highest BCUT2D eigenvalue weighted by molar-refractivity contribution is 5.94. The van der Waals surface area contributed by atoms with Gasteiger partial charge >= 0.3 is 0 Å². The Balaban J connectivity index is 1.26. The molecule has 0 bridgehead atoms. The van der Waals surface area contributed by atoms with Gasteiger partial charge in [0.1, 0.15) is 12.4 Å². The molecule has 1 saturated carbocycles. The van der Waals surface area contributed by atoms with Crippen molar-refractivity contribution < 1.29 is 9.53 Å². The summed E-state index contributed by atoms with van der Waals surface area (Å²) in [6.45, 7) is 3.62. The smallest absolute Gasteiger partial charge is 0.251 e.